The van der Waals surface area contributed by atoms with Gasteiger partial charge in [0.05, 0.1) is 18.6 Å². The normalized spacial score (nSPS) is 32.2. The third kappa shape index (κ3) is 3.39. The molecular formula is C18H22O4. The van der Waals surface area contributed by atoms with Gasteiger partial charge in [0.15, 0.2) is 0 Å². The minimum absolute atomic E-state index is 0.0556. The van der Waals surface area contributed by atoms with Crippen molar-refractivity contribution in [3.8, 4) is 0 Å². The quantitative estimate of drug-likeness (QED) is 0.643. The van der Waals surface area contributed by atoms with Gasteiger partial charge in [0.1, 0.15) is 6.10 Å². The van der Waals surface area contributed by atoms with Crippen LogP contribution in [0.25, 0.3) is 0 Å². The molecule has 2 aliphatic rings. The van der Waals surface area contributed by atoms with E-state index in [4.69, 9.17) is 4.74 Å². The van der Waals surface area contributed by atoms with Crippen LogP contribution in [0.4, 0.5) is 0 Å². The third-order valence-electron chi connectivity index (χ3n) is 4.70. The zero-order chi connectivity index (χ0) is 15.5. The topological polar surface area (TPSA) is 66.8 Å². The highest BCUT2D eigenvalue weighted by Gasteiger charge is 2.48. The number of benzene rings is 1. The van der Waals surface area contributed by atoms with Crippen LogP contribution in [0.3, 0.4) is 0 Å². The van der Waals surface area contributed by atoms with Crippen molar-refractivity contribution in [2.24, 2.45) is 11.8 Å². The van der Waals surface area contributed by atoms with Crippen LogP contribution in [-0.2, 0) is 16.0 Å². The summed E-state index contributed by atoms with van der Waals surface area (Å²) < 4.78 is 5.20. The number of hydrogen-bond acceptors (Lipinski definition) is 4. The predicted octanol–water partition coefficient (Wildman–Crippen LogP) is 1.85. The molecule has 0 radical (unpaired) electrons. The fraction of sp³-hybridized carbons (Fsp3) is 0.500. The van der Waals surface area contributed by atoms with Gasteiger partial charge in [0, 0.05) is 18.3 Å². The maximum Gasteiger partial charge on any atom is 0.306 e. The molecule has 0 bridgehead atoms. The van der Waals surface area contributed by atoms with E-state index in [1.807, 2.05) is 36.4 Å². The van der Waals surface area contributed by atoms with E-state index in [9.17, 15) is 15.0 Å². The van der Waals surface area contributed by atoms with Crippen molar-refractivity contribution >= 4 is 5.97 Å². The molecule has 0 aromatic heterocycles. The molecule has 2 fully saturated rings. The molecule has 3 rings (SSSR count). The molecule has 4 heteroatoms. The molecule has 0 spiro atoms. The number of aliphatic hydroxyl groups is 2. The molecule has 1 aromatic rings. The Bertz CT molecular complexity index is 539. The van der Waals surface area contributed by atoms with Crippen LogP contribution in [0.1, 0.15) is 24.8 Å². The van der Waals surface area contributed by atoms with E-state index in [0.29, 0.717) is 19.3 Å². The zero-order valence-electron chi connectivity index (χ0n) is 12.5. The van der Waals surface area contributed by atoms with Gasteiger partial charge in [-0.2, -0.15) is 0 Å². The third-order valence-corrected chi connectivity index (χ3v) is 4.70. The molecule has 5 atom stereocenters. The number of aliphatic hydroxyl groups excluding tert-OH is 2. The molecule has 4 nitrogen and oxygen atoms in total. The number of carbonyl (C=O) groups excluding carboxylic acids is 1. The molecule has 1 saturated heterocycles. The lowest BCUT2D eigenvalue weighted by atomic mass is 9.91. The molecule has 1 aliphatic carbocycles. The number of ether oxygens (including phenoxy) is 1. The molecule has 1 unspecified atom stereocenters. The largest absolute Gasteiger partial charge is 0.462 e. The number of hydrogen-bond donors (Lipinski definition) is 2. The molecule has 1 aliphatic heterocycles. The van der Waals surface area contributed by atoms with E-state index >= 15 is 0 Å². The Morgan fingerprint density at radius 3 is 2.86 bits per heavy atom. The van der Waals surface area contributed by atoms with Gasteiger partial charge < -0.3 is 14.9 Å². The van der Waals surface area contributed by atoms with Gasteiger partial charge in [-0.1, -0.05) is 42.5 Å². The Labute approximate surface area is 130 Å². The maximum absolute atomic E-state index is 11.3. The van der Waals surface area contributed by atoms with Gasteiger partial charge in [0.2, 0.25) is 0 Å². The van der Waals surface area contributed by atoms with Crippen LogP contribution < -0.4 is 0 Å². The molecule has 0 amide bonds. The molecular weight excluding hydrogens is 280 g/mol. The number of esters is 1. The van der Waals surface area contributed by atoms with Gasteiger partial charge in [-0.05, 0) is 18.4 Å². The fourth-order valence-electron chi connectivity index (χ4n) is 3.50. The van der Waals surface area contributed by atoms with Gasteiger partial charge in [-0.3, -0.25) is 4.79 Å². The van der Waals surface area contributed by atoms with E-state index < -0.39 is 12.2 Å². The van der Waals surface area contributed by atoms with Crippen LogP contribution in [0.2, 0.25) is 0 Å². The zero-order valence-corrected chi connectivity index (χ0v) is 12.5. The SMILES string of the molecule is O=C1C[C@H]2C(C[C@@H](O)[C@@H]2/C=C/[C@@H](O)CCc2ccccc2)O1. The summed E-state index contributed by atoms with van der Waals surface area (Å²) in [4.78, 5) is 11.3. The second-order valence-corrected chi connectivity index (χ2v) is 6.25. The van der Waals surface area contributed by atoms with Crippen molar-refractivity contribution in [2.75, 3.05) is 0 Å². The van der Waals surface area contributed by atoms with Gasteiger partial charge in [0.25, 0.3) is 0 Å². The highest BCUT2D eigenvalue weighted by atomic mass is 16.6. The lowest BCUT2D eigenvalue weighted by Gasteiger charge is -2.15. The molecule has 22 heavy (non-hydrogen) atoms. The molecule has 1 aromatic carbocycles. The standard InChI is InChI=1S/C18H22O4/c19-13(7-6-12-4-2-1-3-5-12)8-9-14-15-10-18(21)22-17(15)11-16(14)20/h1-5,8-9,13-17,19-20H,6-7,10-11H2/b9-8+/t13-,14+,15+,16+,17?/m0/s1. The average Bonchev–Trinajstić information content (AvgIpc) is 2.99. The number of aryl methyl sites for hydroxylation is 1. The van der Waals surface area contributed by atoms with Crippen molar-refractivity contribution in [2.45, 2.75) is 44.0 Å². The van der Waals surface area contributed by atoms with E-state index in [1.165, 1.54) is 5.56 Å². The van der Waals surface area contributed by atoms with Gasteiger partial charge in [-0.15, -0.1) is 0 Å². The fourth-order valence-corrected chi connectivity index (χ4v) is 3.50. The summed E-state index contributed by atoms with van der Waals surface area (Å²) in [6, 6.07) is 10.0. The van der Waals surface area contributed by atoms with Crippen molar-refractivity contribution < 1.29 is 19.7 Å². The van der Waals surface area contributed by atoms with Crippen LogP contribution in [-0.4, -0.2) is 34.5 Å². The number of rotatable bonds is 5. The van der Waals surface area contributed by atoms with Crippen molar-refractivity contribution in [3.63, 3.8) is 0 Å². The van der Waals surface area contributed by atoms with Crippen molar-refractivity contribution in [1.29, 1.82) is 0 Å². The average molecular weight is 302 g/mol. The Morgan fingerprint density at radius 2 is 2.09 bits per heavy atom. The summed E-state index contributed by atoms with van der Waals surface area (Å²) in [6.07, 6.45) is 4.78. The monoisotopic (exact) mass is 302 g/mol. The molecule has 2 N–H and O–H groups in total. The predicted molar refractivity (Wildman–Crippen MR) is 82.0 cm³/mol. The van der Waals surface area contributed by atoms with Crippen LogP contribution in [0, 0.1) is 11.8 Å². The summed E-state index contributed by atoms with van der Waals surface area (Å²) in [5, 5.41) is 20.2. The van der Waals surface area contributed by atoms with Crippen LogP contribution in [0.15, 0.2) is 42.5 Å². The first-order valence-electron chi connectivity index (χ1n) is 7.91. The van der Waals surface area contributed by atoms with Gasteiger partial charge in [-0.25, -0.2) is 0 Å². The lowest BCUT2D eigenvalue weighted by Crippen LogP contribution is -2.18. The van der Waals surface area contributed by atoms with Crippen molar-refractivity contribution in [1.82, 2.24) is 0 Å². The van der Waals surface area contributed by atoms with Crippen LogP contribution in [0.5, 0.6) is 0 Å². The molecule has 118 valence electrons. The first kappa shape index (κ1) is 15.3. The molecule has 1 saturated carbocycles. The summed E-state index contributed by atoms with van der Waals surface area (Å²) in [5.74, 6) is -0.215. The highest BCUT2D eigenvalue weighted by molar-refractivity contribution is 5.72. The minimum atomic E-state index is -0.538. The second-order valence-electron chi connectivity index (χ2n) is 6.25. The first-order valence-corrected chi connectivity index (χ1v) is 7.91. The highest BCUT2D eigenvalue weighted by Crippen LogP contribution is 2.42. The van der Waals surface area contributed by atoms with E-state index in [2.05, 4.69) is 0 Å². The molecule has 1 heterocycles. The van der Waals surface area contributed by atoms with E-state index in [1.54, 1.807) is 6.08 Å². The van der Waals surface area contributed by atoms with Crippen LogP contribution >= 0.6 is 0 Å². The summed E-state index contributed by atoms with van der Waals surface area (Å²) >= 11 is 0. The number of fused-ring (bicyclic) bond motifs is 1. The van der Waals surface area contributed by atoms with E-state index in [0.717, 1.165) is 6.42 Å². The summed E-state index contributed by atoms with van der Waals surface area (Å²) in [5.41, 5.74) is 1.20. The smallest absolute Gasteiger partial charge is 0.306 e. The Morgan fingerprint density at radius 1 is 1.32 bits per heavy atom. The minimum Gasteiger partial charge on any atom is -0.462 e. The number of carbonyl (C=O) groups is 1. The lowest BCUT2D eigenvalue weighted by molar-refractivity contribution is -0.141. The Hall–Kier alpha value is -1.65. The Balaban J connectivity index is 1.53. The first-order chi connectivity index (χ1) is 10.6. The van der Waals surface area contributed by atoms with Crippen molar-refractivity contribution in [3.05, 3.63) is 48.0 Å². The maximum atomic E-state index is 11.3. The second kappa shape index (κ2) is 6.63. The Kier molecular flexibility index (Phi) is 4.60. The van der Waals surface area contributed by atoms with E-state index in [-0.39, 0.29) is 23.9 Å². The summed E-state index contributed by atoms with van der Waals surface area (Å²) in [7, 11) is 0. The van der Waals surface area contributed by atoms with Gasteiger partial charge >= 0.3 is 5.97 Å². The summed E-state index contributed by atoms with van der Waals surface area (Å²) in [6.45, 7) is 0.